The van der Waals surface area contributed by atoms with Crippen molar-refractivity contribution in [3.63, 3.8) is 0 Å². The molecule has 36 heavy (non-hydrogen) atoms. The summed E-state index contributed by atoms with van der Waals surface area (Å²) in [4.78, 5) is 26.4. The van der Waals surface area contributed by atoms with Gasteiger partial charge >= 0.3 is 6.01 Å². The van der Waals surface area contributed by atoms with Gasteiger partial charge in [0.15, 0.2) is 11.6 Å². The Balaban J connectivity index is 1.72. The maximum atomic E-state index is 12.9. The number of rotatable bonds is 10. The number of benzene rings is 1. The van der Waals surface area contributed by atoms with Crippen LogP contribution in [0.25, 0.3) is 17.1 Å². The third-order valence-corrected chi connectivity index (χ3v) is 5.82. The minimum absolute atomic E-state index is 0.0110. The van der Waals surface area contributed by atoms with Gasteiger partial charge in [0.25, 0.3) is 0 Å². The Hall–Kier alpha value is -3.72. The first-order chi connectivity index (χ1) is 17.4. The first kappa shape index (κ1) is 25.4. The van der Waals surface area contributed by atoms with Crippen LogP contribution in [0.5, 0.6) is 6.01 Å². The Morgan fingerprint density at radius 2 is 1.83 bits per heavy atom. The van der Waals surface area contributed by atoms with Gasteiger partial charge in [-0.3, -0.25) is 4.79 Å². The second-order valence-electron chi connectivity index (χ2n) is 8.97. The highest BCUT2D eigenvalue weighted by molar-refractivity contribution is 5.95. The summed E-state index contributed by atoms with van der Waals surface area (Å²) < 4.78 is 13.1. The lowest BCUT2D eigenvalue weighted by Crippen LogP contribution is -2.37. The zero-order valence-electron chi connectivity index (χ0n) is 21.5. The predicted octanol–water partition coefficient (Wildman–Crippen LogP) is 3.99. The highest BCUT2D eigenvalue weighted by Crippen LogP contribution is 2.25. The van der Waals surface area contributed by atoms with E-state index in [1.807, 2.05) is 68.4 Å². The summed E-state index contributed by atoms with van der Waals surface area (Å²) in [6, 6.07) is 13.8. The molecule has 3 heterocycles. The van der Waals surface area contributed by atoms with Crippen LogP contribution >= 0.6 is 0 Å². The van der Waals surface area contributed by atoms with E-state index in [9.17, 15) is 4.79 Å². The van der Waals surface area contributed by atoms with Gasteiger partial charge in [-0.05, 0) is 19.2 Å². The molecular weight excluding hydrogens is 456 g/mol. The van der Waals surface area contributed by atoms with E-state index >= 15 is 0 Å². The first-order valence-corrected chi connectivity index (χ1v) is 12.3. The number of Topliss-reactive ketones (excluding diaryl/α,β-unsaturated/α-hetero) is 1. The van der Waals surface area contributed by atoms with Crippen molar-refractivity contribution in [2.75, 3.05) is 51.9 Å². The highest BCUT2D eigenvalue weighted by atomic mass is 16.5. The molecule has 2 aromatic heterocycles. The standard InChI is InChI=1S/C27H34N6O3/c1-5-24(34)23-17-22(21-9-7-6-8-10-21)30-33(23)26-18-25(32-12-15-35-16-13-32)28-27(29-26)36-14-11-20(2)19-31(3)4/h6-10,17-19H,5,11-16H2,1-4H3/b20-19+. The van der Waals surface area contributed by atoms with Crippen LogP contribution in [0.4, 0.5) is 5.82 Å². The van der Waals surface area contributed by atoms with Crippen molar-refractivity contribution in [3.05, 3.63) is 59.9 Å². The van der Waals surface area contributed by atoms with Gasteiger partial charge in [0.2, 0.25) is 0 Å². The van der Waals surface area contributed by atoms with E-state index in [0.717, 1.165) is 30.9 Å². The van der Waals surface area contributed by atoms with Gasteiger partial charge in [-0.2, -0.15) is 15.1 Å². The Labute approximate surface area is 212 Å². The molecule has 0 bridgehead atoms. The Morgan fingerprint density at radius 3 is 2.53 bits per heavy atom. The van der Waals surface area contributed by atoms with Crippen LogP contribution in [-0.4, -0.2) is 77.4 Å². The van der Waals surface area contributed by atoms with Crippen LogP contribution in [0, 0.1) is 0 Å². The van der Waals surface area contributed by atoms with Crippen LogP contribution in [0.15, 0.2) is 54.2 Å². The SMILES string of the molecule is CCC(=O)c1cc(-c2ccccc2)nn1-c1cc(N2CCOCC2)nc(OCC/C(C)=C/N(C)C)n1. The van der Waals surface area contributed by atoms with Crippen LogP contribution in [-0.2, 0) is 4.74 Å². The lowest BCUT2D eigenvalue weighted by Gasteiger charge is -2.28. The normalized spacial score (nSPS) is 14.1. The Kier molecular flexibility index (Phi) is 8.32. The van der Waals surface area contributed by atoms with E-state index in [4.69, 9.17) is 14.6 Å². The molecule has 1 fully saturated rings. The average Bonchev–Trinajstić information content (AvgIpc) is 3.34. The van der Waals surface area contributed by atoms with Crippen molar-refractivity contribution < 1.29 is 14.3 Å². The topological polar surface area (TPSA) is 85.6 Å². The van der Waals surface area contributed by atoms with Crippen molar-refractivity contribution in [2.45, 2.75) is 26.7 Å². The highest BCUT2D eigenvalue weighted by Gasteiger charge is 2.21. The number of ether oxygens (including phenoxy) is 2. The number of hydrogen-bond donors (Lipinski definition) is 0. The number of anilines is 1. The molecule has 1 aromatic carbocycles. The average molecular weight is 491 g/mol. The summed E-state index contributed by atoms with van der Waals surface area (Å²) in [5.74, 6) is 1.22. The van der Waals surface area contributed by atoms with E-state index in [1.165, 1.54) is 5.57 Å². The number of carbonyl (C=O) groups is 1. The second kappa shape index (κ2) is 11.8. The molecule has 1 saturated heterocycles. The summed E-state index contributed by atoms with van der Waals surface area (Å²) in [5.41, 5.74) is 3.33. The van der Waals surface area contributed by atoms with Gasteiger partial charge in [0.1, 0.15) is 11.5 Å². The van der Waals surface area contributed by atoms with E-state index in [0.29, 0.717) is 43.4 Å². The minimum Gasteiger partial charge on any atom is -0.463 e. The number of carbonyl (C=O) groups excluding carboxylic acids is 1. The molecule has 0 N–H and O–H groups in total. The minimum atomic E-state index is -0.0110. The summed E-state index contributed by atoms with van der Waals surface area (Å²) in [7, 11) is 3.99. The molecule has 1 aliphatic heterocycles. The van der Waals surface area contributed by atoms with E-state index in [-0.39, 0.29) is 11.8 Å². The fraction of sp³-hybridized carbons (Fsp3) is 0.407. The summed E-state index contributed by atoms with van der Waals surface area (Å²) >= 11 is 0. The fourth-order valence-electron chi connectivity index (χ4n) is 4.02. The molecule has 0 radical (unpaired) electrons. The number of aromatic nitrogens is 4. The molecule has 0 spiro atoms. The van der Waals surface area contributed by atoms with Crippen LogP contribution in [0.3, 0.4) is 0 Å². The maximum absolute atomic E-state index is 12.9. The summed E-state index contributed by atoms with van der Waals surface area (Å²) in [6.07, 6.45) is 3.18. The zero-order valence-corrected chi connectivity index (χ0v) is 21.5. The predicted molar refractivity (Wildman–Crippen MR) is 140 cm³/mol. The number of morpholine rings is 1. The van der Waals surface area contributed by atoms with E-state index in [1.54, 1.807) is 4.68 Å². The molecule has 0 saturated carbocycles. The lowest BCUT2D eigenvalue weighted by molar-refractivity contribution is 0.0980. The molecule has 3 aromatic rings. The Morgan fingerprint density at radius 1 is 1.11 bits per heavy atom. The van der Waals surface area contributed by atoms with Gasteiger partial charge in [-0.25, -0.2) is 4.68 Å². The van der Waals surface area contributed by atoms with Crippen LogP contribution < -0.4 is 9.64 Å². The monoisotopic (exact) mass is 490 g/mol. The number of hydrogen-bond acceptors (Lipinski definition) is 8. The number of nitrogens with zero attached hydrogens (tertiary/aromatic N) is 6. The summed E-state index contributed by atoms with van der Waals surface area (Å²) in [6.45, 7) is 7.05. The number of ketones is 1. The van der Waals surface area contributed by atoms with Crippen molar-refractivity contribution in [3.8, 4) is 23.1 Å². The van der Waals surface area contributed by atoms with Gasteiger partial charge in [0.05, 0.1) is 25.5 Å². The van der Waals surface area contributed by atoms with Gasteiger partial charge in [0, 0.05) is 51.7 Å². The molecule has 4 rings (SSSR count). The Bertz CT molecular complexity index is 1200. The fourth-order valence-corrected chi connectivity index (χ4v) is 4.02. The molecule has 0 atom stereocenters. The third kappa shape index (κ3) is 6.28. The van der Waals surface area contributed by atoms with Gasteiger partial charge < -0.3 is 19.3 Å². The van der Waals surface area contributed by atoms with E-state index < -0.39 is 0 Å². The van der Waals surface area contributed by atoms with Gasteiger partial charge in [-0.15, -0.1) is 0 Å². The smallest absolute Gasteiger partial charge is 0.320 e. The molecule has 0 aliphatic carbocycles. The molecule has 0 amide bonds. The van der Waals surface area contributed by atoms with Crippen molar-refractivity contribution >= 4 is 11.6 Å². The van der Waals surface area contributed by atoms with Crippen molar-refractivity contribution in [1.29, 1.82) is 0 Å². The van der Waals surface area contributed by atoms with Crippen LogP contribution in [0.2, 0.25) is 0 Å². The quantitative estimate of drug-likeness (QED) is 0.395. The molecule has 9 nitrogen and oxygen atoms in total. The van der Waals surface area contributed by atoms with Crippen molar-refractivity contribution in [1.82, 2.24) is 24.6 Å². The molecule has 190 valence electrons. The molecule has 9 heteroatoms. The maximum Gasteiger partial charge on any atom is 0.320 e. The first-order valence-electron chi connectivity index (χ1n) is 12.3. The largest absolute Gasteiger partial charge is 0.463 e. The molecule has 1 aliphatic rings. The zero-order chi connectivity index (χ0) is 25.5. The van der Waals surface area contributed by atoms with Crippen LogP contribution in [0.1, 0.15) is 37.2 Å². The molecular formula is C27H34N6O3. The lowest BCUT2D eigenvalue weighted by atomic mass is 10.1. The van der Waals surface area contributed by atoms with Crippen molar-refractivity contribution in [2.24, 2.45) is 0 Å². The van der Waals surface area contributed by atoms with E-state index in [2.05, 4.69) is 28.0 Å². The second-order valence-corrected chi connectivity index (χ2v) is 8.97. The third-order valence-electron chi connectivity index (χ3n) is 5.82. The summed E-state index contributed by atoms with van der Waals surface area (Å²) in [5, 5.41) is 4.78. The molecule has 0 unspecified atom stereocenters. The van der Waals surface area contributed by atoms with Gasteiger partial charge in [-0.1, -0.05) is 42.8 Å².